The van der Waals surface area contributed by atoms with Crippen molar-refractivity contribution >= 4 is 16.6 Å². The summed E-state index contributed by atoms with van der Waals surface area (Å²) in [4.78, 5) is 14.9. The van der Waals surface area contributed by atoms with Gasteiger partial charge in [0.15, 0.2) is 0 Å². The third-order valence-electron chi connectivity index (χ3n) is 3.91. The third-order valence-corrected chi connectivity index (χ3v) is 3.91. The highest BCUT2D eigenvalue weighted by Crippen LogP contribution is 2.36. The molecule has 0 bridgehead atoms. The molecule has 3 rings (SSSR count). The van der Waals surface area contributed by atoms with Gasteiger partial charge >= 0.3 is 5.69 Å². The van der Waals surface area contributed by atoms with E-state index in [2.05, 4.69) is 4.98 Å². The van der Waals surface area contributed by atoms with Gasteiger partial charge in [-0.25, -0.2) is 4.98 Å². The molecule has 6 heteroatoms. The second kappa shape index (κ2) is 5.65. The number of aromatic nitrogens is 1. The molecule has 1 aliphatic rings. The molecule has 2 aromatic rings. The summed E-state index contributed by atoms with van der Waals surface area (Å²) in [5.41, 5.74) is 6.50. The number of rotatable bonds is 3. The first-order valence-electron chi connectivity index (χ1n) is 7.09. The highest BCUT2D eigenvalue weighted by molar-refractivity contribution is 5.88. The van der Waals surface area contributed by atoms with Crippen LogP contribution < -0.4 is 10.5 Å². The summed E-state index contributed by atoms with van der Waals surface area (Å²) >= 11 is 0. The van der Waals surface area contributed by atoms with Crippen molar-refractivity contribution in [3.05, 3.63) is 40.6 Å². The van der Waals surface area contributed by atoms with E-state index in [1.807, 2.05) is 18.2 Å². The fraction of sp³-hybridized carbons (Fsp3) is 0.400. The molecule has 0 saturated heterocycles. The molecule has 1 aliphatic carbocycles. The maximum absolute atomic E-state index is 11.2. The Labute approximate surface area is 122 Å². The Morgan fingerprint density at radius 3 is 2.67 bits per heavy atom. The molecule has 2 N–H and O–H groups in total. The predicted octanol–water partition coefficient (Wildman–Crippen LogP) is 2.79. The lowest BCUT2D eigenvalue weighted by molar-refractivity contribution is -0.386. The van der Waals surface area contributed by atoms with Crippen LogP contribution in [0.25, 0.3) is 10.9 Å². The van der Waals surface area contributed by atoms with Crippen molar-refractivity contribution in [2.45, 2.75) is 37.8 Å². The molecule has 0 aliphatic heterocycles. The summed E-state index contributed by atoms with van der Waals surface area (Å²) in [7, 11) is 0. The zero-order valence-electron chi connectivity index (χ0n) is 11.6. The van der Waals surface area contributed by atoms with Gasteiger partial charge in [0.1, 0.15) is 6.20 Å². The van der Waals surface area contributed by atoms with Gasteiger partial charge in [-0.3, -0.25) is 10.1 Å². The number of nitrogens with two attached hydrogens (primary N) is 1. The van der Waals surface area contributed by atoms with Gasteiger partial charge in [-0.15, -0.1) is 0 Å². The van der Waals surface area contributed by atoms with Crippen molar-refractivity contribution in [1.29, 1.82) is 0 Å². The summed E-state index contributed by atoms with van der Waals surface area (Å²) < 4.78 is 5.97. The van der Waals surface area contributed by atoms with Gasteiger partial charge in [-0.05, 0) is 37.8 Å². The van der Waals surface area contributed by atoms with Crippen LogP contribution in [0.3, 0.4) is 0 Å². The Bertz CT molecular complexity index is 666. The summed E-state index contributed by atoms with van der Waals surface area (Å²) in [6.07, 6.45) is 4.69. The summed E-state index contributed by atoms with van der Waals surface area (Å²) in [6.45, 7) is 0. The van der Waals surface area contributed by atoms with Crippen LogP contribution in [-0.2, 0) is 0 Å². The Morgan fingerprint density at radius 1 is 1.24 bits per heavy atom. The zero-order valence-corrected chi connectivity index (χ0v) is 11.6. The predicted molar refractivity (Wildman–Crippen MR) is 79.3 cm³/mol. The quantitative estimate of drug-likeness (QED) is 0.692. The number of nitrogens with zero attached hydrogens (tertiary/aromatic N) is 2. The molecule has 6 nitrogen and oxygen atoms in total. The van der Waals surface area contributed by atoms with E-state index < -0.39 is 4.92 Å². The number of hydrogen-bond acceptors (Lipinski definition) is 5. The third kappa shape index (κ3) is 2.80. The number of fused-ring (bicyclic) bond motifs is 1. The molecule has 0 radical (unpaired) electrons. The van der Waals surface area contributed by atoms with Gasteiger partial charge < -0.3 is 10.5 Å². The van der Waals surface area contributed by atoms with Gasteiger partial charge in [-0.2, -0.15) is 0 Å². The number of nitro groups is 1. The number of para-hydroxylation sites is 1. The second-order valence-corrected chi connectivity index (χ2v) is 5.40. The second-order valence-electron chi connectivity index (χ2n) is 5.40. The van der Waals surface area contributed by atoms with Crippen LogP contribution in [0.5, 0.6) is 5.75 Å². The van der Waals surface area contributed by atoms with Gasteiger partial charge in [0.2, 0.25) is 5.75 Å². The standard InChI is InChI=1S/C15H17N3O3/c16-10-5-7-11(8-6-10)21-15-12-3-1-2-4-13(12)17-9-14(15)18(19)20/h1-4,9-11H,5-8,16H2. The summed E-state index contributed by atoms with van der Waals surface area (Å²) in [5.74, 6) is 0.325. The average molecular weight is 287 g/mol. The first-order chi connectivity index (χ1) is 10.1. The molecule has 0 spiro atoms. The van der Waals surface area contributed by atoms with E-state index in [0.29, 0.717) is 16.7 Å². The zero-order chi connectivity index (χ0) is 14.8. The molecule has 1 saturated carbocycles. The van der Waals surface area contributed by atoms with Crippen LogP contribution in [0.1, 0.15) is 25.7 Å². The number of pyridine rings is 1. The fourth-order valence-electron chi connectivity index (χ4n) is 2.73. The van der Waals surface area contributed by atoms with E-state index in [-0.39, 0.29) is 17.8 Å². The van der Waals surface area contributed by atoms with Crippen molar-refractivity contribution in [3.8, 4) is 5.75 Å². The van der Waals surface area contributed by atoms with Crippen LogP contribution in [0.4, 0.5) is 5.69 Å². The molecule has 1 fully saturated rings. The fourth-order valence-corrected chi connectivity index (χ4v) is 2.73. The summed E-state index contributed by atoms with van der Waals surface area (Å²) in [5, 5.41) is 11.9. The number of ether oxygens (including phenoxy) is 1. The van der Waals surface area contributed by atoms with Crippen LogP contribution in [-0.4, -0.2) is 22.1 Å². The molecule has 1 aromatic heterocycles. The lowest BCUT2D eigenvalue weighted by atomic mass is 9.93. The normalized spacial score (nSPS) is 22.1. The van der Waals surface area contributed by atoms with Crippen LogP contribution >= 0.6 is 0 Å². The van der Waals surface area contributed by atoms with Crippen LogP contribution in [0.15, 0.2) is 30.5 Å². The van der Waals surface area contributed by atoms with Crippen molar-refractivity contribution in [3.63, 3.8) is 0 Å². The van der Waals surface area contributed by atoms with E-state index in [4.69, 9.17) is 10.5 Å². The monoisotopic (exact) mass is 287 g/mol. The Morgan fingerprint density at radius 2 is 1.95 bits per heavy atom. The van der Waals surface area contributed by atoms with Crippen molar-refractivity contribution in [2.24, 2.45) is 5.73 Å². The van der Waals surface area contributed by atoms with Gasteiger partial charge in [0.25, 0.3) is 0 Å². The van der Waals surface area contributed by atoms with Gasteiger partial charge in [0, 0.05) is 11.4 Å². The Hall–Kier alpha value is -2.21. The van der Waals surface area contributed by atoms with Crippen LogP contribution in [0.2, 0.25) is 0 Å². The smallest absolute Gasteiger partial charge is 0.329 e. The maximum Gasteiger partial charge on any atom is 0.329 e. The molecule has 110 valence electrons. The number of hydrogen-bond donors (Lipinski definition) is 1. The molecule has 21 heavy (non-hydrogen) atoms. The minimum atomic E-state index is -0.441. The van der Waals surface area contributed by atoms with Crippen molar-refractivity contribution < 1.29 is 9.66 Å². The van der Waals surface area contributed by atoms with E-state index in [1.54, 1.807) is 6.07 Å². The highest BCUT2D eigenvalue weighted by Gasteiger charge is 2.25. The highest BCUT2D eigenvalue weighted by atomic mass is 16.6. The van der Waals surface area contributed by atoms with Crippen molar-refractivity contribution in [2.75, 3.05) is 0 Å². The number of benzene rings is 1. The van der Waals surface area contributed by atoms with E-state index in [0.717, 1.165) is 25.7 Å². The first-order valence-corrected chi connectivity index (χ1v) is 7.09. The molecule has 0 atom stereocenters. The maximum atomic E-state index is 11.2. The minimum Gasteiger partial charge on any atom is -0.483 e. The molecular weight excluding hydrogens is 270 g/mol. The molecule has 0 unspecified atom stereocenters. The Kier molecular flexibility index (Phi) is 3.70. The first kappa shape index (κ1) is 13.8. The SMILES string of the molecule is NC1CCC(Oc2c([N+](=O)[O-])cnc3ccccc23)CC1. The lowest BCUT2D eigenvalue weighted by Crippen LogP contribution is -2.31. The van der Waals surface area contributed by atoms with E-state index in [9.17, 15) is 10.1 Å². The summed E-state index contributed by atoms with van der Waals surface area (Å²) in [6, 6.07) is 7.53. The average Bonchev–Trinajstić information content (AvgIpc) is 2.49. The minimum absolute atomic E-state index is 0.0192. The van der Waals surface area contributed by atoms with E-state index in [1.165, 1.54) is 6.20 Å². The van der Waals surface area contributed by atoms with Gasteiger partial charge in [-0.1, -0.05) is 12.1 Å². The van der Waals surface area contributed by atoms with Gasteiger partial charge in [0.05, 0.1) is 16.5 Å². The molecule has 1 aromatic carbocycles. The van der Waals surface area contributed by atoms with Crippen LogP contribution in [0, 0.1) is 10.1 Å². The molecule has 1 heterocycles. The molecular formula is C15H17N3O3. The topological polar surface area (TPSA) is 91.3 Å². The lowest BCUT2D eigenvalue weighted by Gasteiger charge is -2.26. The Balaban J connectivity index is 1.98. The largest absolute Gasteiger partial charge is 0.483 e. The van der Waals surface area contributed by atoms with Crippen molar-refractivity contribution in [1.82, 2.24) is 4.98 Å². The van der Waals surface area contributed by atoms with E-state index >= 15 is 0 Å². The molecule has 0 amide bonds.